The van der Waals surface area contributed by atoms with E-state index in [1.54, 1.807) is 6.20 Å². The average Bonchev–Trinajstić information content (AvgIpc) is 2.70. The van der Waals surface area contributed by atoms with Gasteiger partial charge in [-0.25, -0.2) is 4.98 Å². The Labute approximate surface area is 94.8 Å². The van der Waals surface area contributed by atoms with E-state index in [2.05, 4.69) is 24.0 Å². The largest absolute Gasteiger partial charge is 0.445 e. The first kappa shape index (κ1) is 10.9. The van der Waals surface area contributed by atoms with E-state index in [4.69, 9.17) is 9.52 Å². The highest BCUT2D eigenvalue weighted by Crippen LogP contribution is 2.13. The summed E-state index contributed by atoms with van der Waals surface area (Å²) in [4.78, 5) is 4.19. The van der Waals surface area contributed by atoms with Crippen LogP contribution in [0.2, 0.25) is 0 Å². The Morgan fingerprint density at radius 1 is 1.31 bits per heavy atom. The second-order valence-corrected chi connectivity index (χ2v) is 3.80. The monoisotopic (exact) mass is 217 g/mol. The molecule has 0 saturated carbocycles. The molecule has 0 saturated heterocycles. The number of nitrogens with zero attached hydrogens (tertiary/aromatic N) is 1. The lowest BCUT2D eigenvalue weighted by Gasteiger charge is -2.01. The quantitative estimate of drug-likeness (QED) is 0.853. The number of oxazole rings is 1. The third kappa shape index (κ3) is 2.49. The number of rotatable bonds is 4. The molecule has 1 aromatic heterocycles. The number of hydrogen-bond acceptors (Lipinski definition) is 3. The second-order valence-electron chi connectivity index (χ2n) is 3.80. The fourth-order valence-corrected chi connectivity index (χ4v) is 1.63. The molecule has 1 aromatic carbocycles. The molecule has 0 aliphatic rings. The number of aliphatic hydroxyl groups excluding tert-OH is 1. The molecule has 1 N–H and O–H groups in total. The number of benzene rings is 1. The summed E-state index contributed by atoms with van der Waals surface area (Å²) >= 11 is 0. The van der Waals surface area contributed by atoms with Crippen LogP contribution in [0.1, 0.15) is 22.8 Å². The molecule has 3 nitrogen and oxygen atoms in total. The van der Waals surface area contributed by atoms with Gasteiger partial charge in [-0.3, -0.25) is 0 Å². The van der Waals surface area contributed by atoms with Gasteiger partial charge in [-0.1, -0.05) is 24.3 Å². The summed E-state index contributed by atoms with van der Waals surface area (Å²) in [7, 11) is 0. The molecule has 0 aliphatic carbocycles. The van der Waals surface area contributed by atoms with Gasteiger partial charge in [0, 0.05) is 12.8 Å². The molecule has 0 aliphatic heterocycles. The Hall–Kier alpha value is -1.61. The van der Waals surface area contributed by atoms with Gasteiger partial charge in [-0.15, -0.1) is 0 Å². The van der Waals surface area contributed by atoms with Crippen molar-refractivity contribution in [3.05, 3.63) is 53.2 Å². The van der Waals surface area contributed by atoms with Crippen molar-refractivity contribution in [2.24, 2.45) is 0 Å². The maximum absolute atomic E-state index is 8.78. The molecule has 0 spiro atoms. The van der Waals surface area contributed by atoms with E-state index in [0.717, 1.165) is 5.76 Å². The predicted molar refractivity (Wildman–Crippen MR) is 61.3 cm³/mol. The Bertz CT molecular complexity index is 462. The van der Waals surface area contributed by atoms with Crippen molar-refractivity contribution in [3.63, 3.8) is 0 Å². The molecular weight excluding hydrogens is 202 g/mol. The van der Waals surface area contributed by atoms with E-state index in [1.165, 1.54) is 11.1 Å². The van der Waals surface area contributed by atoms with Crippen LogP contribution in [0.3, 0.4) is 0 Å². The summed E-state index contributed by atoms with van der Waals surface area (Å²) < 4.78 is 5.51. The number of aliphatic hydroxyl groups is 1. The van der Waals surface area contributed by atoms with Crippen molar-refractivity contribution in [2.45, 2.75) is 19.8 Å². The van der Waals surface area contributed by atoms with Crippen LogP contribution < -0.4 is 0 Å². The number of aryl methyl sites for hydroxylation is 1. The molecule has 0 atom stereocenters. The van der Waals surface area contributed by atoms with Crippen molar-refractivity contribution >= 4 is 0 Å². The lowest BCUT2D eigenvalue weighted by atomic mass is 10.1. The van der Waals surface area contributed by atoms with Crippen LogP contribution in [0.5, 0.6) is 0 Å². The Kier molecular flexibility index (Phi) is 3.37. The van der Waals surface area contributed by atoms with Crippen molar-refractivity contribution in [1.82, 2.24) is 4.98 Å². The lowest BCUT2D eigenvalue weighted by molar-refractivity contribution is 0.286. The first-order valence-corrected chi connectivity index (χ1v) is 5.38. The minimum Gasteiger partial charge on any atom is -0.445 e. The van der Waals surface area contributed by atoms with Crippen molar-refractivity contribution in [2.75, 3.05) is 6.61 Å². The predicted octanol–water partition coefficient (Wildman–Crippen LogP) is 2.11. The van der Waals surface area contributed by atoms with E-state index in [0.29, 0.717) is 18.7 Å². The van der Waals surface area contributed by atoms with Crippen molar-refractivity contribution in [3.8, 4) is 0 Å². The van der Waals surface area contributed by atoms with Gasteiger partial charge in [0.1, 0.15) is 5.76 Å². The van der Waals surface area contributed by atoms with E-state index >= 15 is 0 Å². The molecule has 0 fully saturated rings. The average molecular weight is 217 g/mol. The zero-order chi connectivity index (χ0) is 11.4. The molecule has 84 valence electrons. The second kappa shape index (κ2) is 4.94. The summed E-state index contributed by atoms with van der Waals surface area (Å²) in [5.74, 6) is 1.45. The Balaban J connectivity index is 2.11. The molecule has 0 unspecified atom stereocenters. The molecule has 0 amide bonds. The highest BCUT2D eigenvalue weighted by atomic mass is 16.4. The Morgan fingerprint density at radius 2 is 2.12 bits per heavy atom. The molecule has 1 heterocycles. The van der Waals surface area contributed by atoms with E-state index in [9.17, 15) is 0 Å². The van der Waals surface area contributed by atoms with Gasteiger partial charge in [-0.2, -0.15) is 0 Å². The lowest BCUT2D eigenvalue weighted by Crippen LogP contribution is -1.91. The van der Waals surface area contributed by atoms with Gasteiger partial charge in [0.25, 0.3) is 0 Å². The zero-order valence-corrected chi connectivity index (χ0v) is 9.31. The minimum absolute atomic E-state index is 0.0962. The van der Waals surface area contributed by atoms with Gasteiger partial charge in [0.15, 0.2) is 5.89 Å². The van der Waals surface area contributed by atoms with Crippen LogP contribution in [-0.2, 0) is 12.8 Å². The van der Waals surface area contributed by atoms with E-state index < -0.39 is 0 Å². The molecule has 2 aromatic rings. The fourth-order valence-electron chi connectivity index (χ4n) is 1.63. The van der Waals surface area contributed by atoms with Crippen LogP contribution >= 0.6 is 0 Å². The van der Waals surface area contributed by atoms with Gasteiger partial charge in [0.2, 0.25) is 0 Å². The molecule has 16 heavy (non-hydrogen) atoms. The highest BCUT2D eigenvalue weighted by molar-refractivity contribution is 5.27. The fraction of sp³-hybridized carbons (Fsp3) is 0.308. The molecule has 0 bridgehead atoms. The topological polar surface area (TPSA) is 46.3 Å². The van der Waals surface area contributed by atoms with Gasteiger partial charge < -0.3 is 9.52 Å². The summed E-state index contributed by atoms with van der Waals surface area (Å²) in [5, 5.41) is 8.78. The van der Waals surface area contributed by atoms with E-state index in [1.807, 2.05) is 12.1 Å². The zero-order valence-electron chi connectivity index (χ0n) is 9.31. The molecule has 0 radical (unpaired) electrons. The molecule has 2 rings (SSSR count). The number of aromatic nitrogens is 1. The summed E-state index contributed by atoms with van der Waals surface area (Å²) in [5.41, 5.74) is 2.46. The Morgan fingerprint density at radius 3 is 2.88 bits per heavy atom. The highest BCUT2D eigenvalue weighted by Gasteiger charge is 2.05. The molecule has 3 heteroatoms. The number of hydrogen-bond donors (Lipinski definition) is 1. The summed E-state index contributed by atoms with van der Waals surface area (Å²) in [6, 6.07) is 8.18. The van der Waals surface area contributed by atoms with Crippen molar-refractivity contribution < 1.29 is 9.52 Å². The summed E-state index contributed by atoms with van der Waals surface area (Å²) in [6.07, 6.45) is 2.92. The third-order valence-electron chi connectivity index (χ3n) is 2.56. The first-order chi connectivity index (χ1) is 7.79. The van der Waals surface area contributed by atoms with Crippen LogP contribution in [0.25, 0.3) is 0 Å². The van der Waals surface area contributed by atoms with Crippen LogP contribution in [-0.4, -0.2) is 16.7 Å². The van der Waals surface area contributed by atoms with E-state index in [-0.39, 0.29) is 6.61 Å². The van der Waals surface area contributed by atoms with Crippen molar-refractivity contribution in [1.29, 1.82) is 0 Å². The first-order valence-electron chi connectivity index (χ1n) is 5.38. The smallest absolute Gasteiger partial charge is 0.198 e. The summed E-state index contributed by atoms with van der Waals surface area (Å²) in [6.45, 7) is 2.17. The van der Waals surface area contributed by atoms with Gasteiger partial charge in [0.05, 0.1) is 12.8 Å². The standard InChI is InChI=1S/C13H15NO2/c1-10-4-2-3-5-11(10)8-13-14-9-12(16-13)6-7-15/h2-5,9,15H,6-8H2,1H3. The molecular formula is C13H15NO2. The van der Waals surface area contributed by atoms with Gasteiger partial charge >= 0.3 is 0 Å². The SMILES string of the molecule is Cc1ccccc1Cc1ncc(CCO)o1. The maximum atomic E-state index is 8.78. The van der Waals surface area contributed by atoms with Gasteiger partial charge in [-0.05, 0) is 18.1 Å². The van der Waals surface area contributed by atoms with Crippen LogP contribution in [0, 0.1) is 6.92 Å². The normalized spacial score (nSPS) is 10.6. The minimum atomic E-state index is 0.0962. The van der Waals surface area contributed by atoms with Crippen LogP contribution in [0.15, 0.2) is 34.9 Å². The van der Waals surface area contributed by atoms with Crippen LogP contribution in [0.4, 0.5) is 0 Å². The third-order valence-corrected chi connectivity index (χ3v) is 2.56. The maximum Gasteiger partial charge on any atom is 0.198 e.